The van der Waals surface area contributed by atoms with Gasteiger partial charge in [0.1, 0.15) is 0 Å². The van der Waals surface area contributed by atoms with Crippen LogP contribution in [-0.4, -0.2) is 13.3 Å². The predicted octanol–water partition coefficient (Wildman–Crippen LogP) is 7.72. The minimum Gasteiger partial charge on any atom is -0.491 e. The molecule has 30 heavy (non-hydrogen) atoms. The van der Waals surface area contributed by atoms with Crippen LogP contribution in [0, 0.1) is 23.3 Å². The molecule has 0 aliphatic rings. The number of ether oxygens (including phenoxy) is 1. The number of unbranched alkanes of at least 4 members (excludes halogenated alkanes) is 4. The van der Waals surface area contributed by atoms with Crippen LogP contribution >= 0.6 is 0 Å². The smallest absolute Gasteiger partial charge is 0.201 e. The highest BCUT2D eigenvalue weighted by Gasteiger charge is 2.21. The van der Waals surface area contributed by atoms with Crippen molar-refractivity contribution in [2.24, 2.45) is 0 Å². The number of hydrogen-bond acceptors (Lipinski definition) is 1. The molecule has 2 aromatic rings. The molecule has 0 unspecified atom stereocenters. The van der Waals surface area contributed by atoms with Crippen molar-refractivity contribution in [1.82, 2.24) is 0 Å². The van der Waals surface area contributed by atoms with Gasteiger partial charge in [0.25, 0.3) is 0 Å². The molecule has 0 fully saturated rings. The van der Waals surface area contributed by atoms with E-state index >= 15 is 0 Å². The second-order valence-corrected chi connectivity index (χ2v) is 6.97. The molecule has 0 heterocycles. The first-order valence-corrected chi connectivity index (χ1v) is 10.3. The summed E-state index contributed by atoms with van der Waals surface area (Å²) in [6.07, 6.45) is 8.88. The molecule has 0 bridgehead atoms. The Morgan fingerprint density at radius 2 is 1.37 bits per heavy atom. The summed E-state index contributed by atoms with van der Waals surface area (Å²) in [7, 11) is 0. The Bertz CT molecular complexity index is 848. The van der Waals surface area contributed by atoms with Crippen LogP contribution in [0.15, 0.2) is 36.4 Å². The third-order valence-electron chi connectivity index (χ3n) is 4.79. The Kier molecular flexibility index (Phi) is 9.84. The molecule has 164 valence electrons. The predicted molar refractivity (Wildman–Crippen MR) is 109 cm³/mol. The van der Waals surface area contributed by atoms with Crippen molar-refractivity contribution in [2.45, 2.75) is 51.9 Å². The van der Waals surface area contributed by atoms with Crippen LogP contribution in [0.4, 0.5) is 22.0 Å². The van der Waals surface area contributed by atoms with Crippen LogP contribution < -0.4 is 4.74 Å². The van der Waals surface area contributed by atoms with Crippen molar-refractivity contribution < 1.29 is 26.7 Å². The molecular weight excluding hydrogens is 399 g/mol. The average molecular weight is 426 g/mol. The van der Waals surface area contributed by atoms with Crippen molar-refractivity contribution in [3.8, 4) is 16.9 Å². The van der Waals surface area contributed by atoms with E-state index in [-0.39, 0.29) is 35.7 Å². The molecular formula is C24H27F5O. The number of rotatable bonds is 12. The standard InChI is InChI=1S/C24H27F5O/c1-2-30-20-15-14-19(23(28)24(20)29)18-13-12-17(21(26)22(18)27)11-9-7-5-3-4-6-8-10-16-25/h4,6,12-15H,2-3,5,7-11,16H2,1H3. The Labute approximate surface area is 174 Å². The van der Waals surface area contributed by atoms with E-state index in [1.807, 2.05) is 12.2 Å². The normalized spacial score (nSPS) is 11.4. The van der Waals surface area contributed by atoms with E-state index in [1.165, 1.54) is 24.3 Å². The SMILES string of the molecule is CCOc1ccc(-c2ccc(CCCCCC=CCCCF)c(F)c2F)c(F)c1F. The minimum absolute atomic E-state index is 0.156. The van der Waals surface area contributed by atoms with E-state index in [4.69, 9.17) is 4.74 Å². The summed E-state index contributed by atoms with van der Waals surface area (Å²) >= 11 is 0. The molecule has 0 aromatic heterocycles. The van der Waals surface area contributed by atoms with E-state index in [0.717, 1.165) is 25.7 Å². The molecule has 0 atom stereocenters. The van der Waals surface area contributed by atoms with E-state index in [2.05, 4.69) is 0 Å². The van der Waals surface area contributed by atoms with Crippen molar-refractivity contribution in [3.05, 3.63) is 65.2 Å². The van der Waals surface area contributed by atoms with Crippen molar-refractivity contribution in [2.75, 3.05) is 13.3 Å². The first kappa shape index (κ1) is 23.9. The molecule has 0 aliphatic carbocycles. The van der Waals surface area contributed by atoms with Gasteiger partial charge in [0, 0.05) is 11.1 Å². The van der Waals surface area contributed by atoms with Gasteiger partial charge in [-0.1, -0.05) is 30.7 Å². The highest BCUT2D eigenvalue weighted by molar-refractivity contribution is 5.66. The van der Waals surface area contributed by atoms with Gasteiger partial charge in [-0.25, -0.2) is 13.2 Å². The third-order valence-corrected chi connectivity index (χ3v) is 4.79. The Morgan fingerprint density at radius 3 is 2.03 bits per heavy atom. The number of benzene rings is 2. The number of alkyl halides is 1. The Hall–Kier alpha value is -2.37. The van der Waals surface area contributed by atoms with E-state index in [9.17, 15) is 22.0 Å². The van der Waals surface area contributed by atoms with Gasteiger partial charge in [0.15, 0.2) is 23.2 Å². The van der Waals surface area contributed by atoms with Crippen LogP contribution in [0.3, 0.4) is 0 Å². The number of hydrogen-bond donors (Lipinski definition) is 0. The van der Waals surface area contributed by atoms with Crippen LogP contribution in [0.25, 0.3) is 11.1 Å². The first-order chi connectivity index (χ1) is 14.5. The highest BCUT2D eigenvalue weighted by Crippen LogP contribution is 2.33. The number of halogens is 5. The van der Waals surface area contributed by atoms with Gasteiger partial charge in [0.05, 0.1) is 13.3 Å². The van der Waals surface area contributed by atoms with Crippen molar-refractivity contribution in [3.63, 3.8) is 0 Å². The van der Waals surface area contributed by atoms with Gasteiger partial charge in [-0.2, -0.15) is 4.39 Å². The number of aryl methyl sites for hydroxylation is 1. The lowest BCUT2D eigenvalue weighted by Gasteiger charge is -2.12. The lowest BCUT2D eigenvalue weighted by Crippen LogP contribution is -2.02. The summed E-state index contributed by atoms with van der Waals surface area (Å²) in [6, 6.07) is 5.08. The average Bonchev–Trinajstić information content (AvgIpc) is 2.74. The van der Waals surface area contributed by atoms with Gasteiger partial charge in [-0.05, 0) is 63.1 Å². The zero-order valence-corrected chi connectivity index (χ0v) is 17.1. The fourth-order valence-corrected chi connectivity index (χ4v) is 3.18. The summed E-state index contributed by atoms with van der Waals surface area (Å²) in [4.78, 5) is 0. The van der Waals surface area contributed by atoms with Crippen LogP contribution in [0.5, 0.6) is 5.75 Å². The molecule has 1 nitrogen and oxygen atoms in total. The summed E-state index contributed by atoms with van der Waals surface area (Å²) in [5.74, 6) is -4.99. The Balaban J connectivity index is 1.99. The topological polar surface area (TPSA) is 9.23 Å². The first-order valence-electron chi connectivity index (χ1n) is 10.3. The monoisotopic (exact) mass is 426 g/mol. The van der Waals surface area contributed by atoms with Crippen LogP contribution in [-0.2, 0) is 6.42 Å². The highest BCUT2D eigenvalue weighted by atomic mass is 19.2. The molecule has 0 spiro atoms. The van der Waals surface area contributed by atoms with E-state index < -0.39 is 23.3 Å². The van der Waals surface area contributed by atoms with Crippen LogP contribution in [0.2, 0.25) is 0 Å². The lowest BCUT2D eigenvalue weighted by atomic mass is 9.99. The fraction of sp³-hybridized carbons (Fsp3) is 0.417. The molecule has 6 heteroatoms. The quantitative estimate of drug-likeness (QED) is 0.192. The van der Waals surface area contributed by atoms with Crippen molar-refractivity contribution >= 4 is 0 Å². The summed E-state index contributed by atoms with van der Waals surface area (Å²) < 4.78 is 74.4. The second kappa shape index (κ2) is 12.4. The van der Waals surface area contributed by atoms with Crippen LogP contribution in [0.1, 0.15) is 51.0 Å². The minimum atomic E-state index is -1.27. The number of allylic oxidation sites excluding steroid dienone is 2. The van der Waals surface area contributed by atoms with E-state index in [1.54, 1.807) is 6.92 Å². The van der Waals surface area contributed by atoms with E-state index in [0.29, 0.717) is 19.3 Å². The van der Waals surface area contributed by atoms with Gasteiger partial charge < -0.3 is 4.74 Å². The zero-order valence-electron chi connectivity index (χ0n) is 17.1. The third kappa shape index (κ3) is 6.31. The Morgan fingerprint density at radius 1 is 0.733 bits per heavy atom. The van der Waals surface area contributed by atoms with Gasteiger partial charge in [-0.15, -0.1) is 0 Å². The van der Waals surface area contributed by atoms with Gasteiger partial charge >= 0.3 is 0 Å². The maximum absolute atomic E-state index is 14.6. The summed E-state index contributed by atoms with van der Waals surface area (Å²) in [5.41, 5.74) is -0.464. The summed E-state index contributed by atoms with van der Waals surface area (Å²) in [6.45, 7) is 1.47. The molecule has 0 radical (unpaired) electrons. The molecule has 0 amide bonds. The maximum Gasteiger partial charge on any atom is 0.201 e. The van der Waals surface area contributed by atoms with Gasteiger partial charge in [-0.3, -0.25) is 4.39 Å². The fourth-order valence-electron chi connectivity index (χ4n) is 3.18. The van der Waals surface area contributed by atoms with Crippen molar-refractivity contribution in [1.29, 1.82) is 0 Å². The maximum atomic E-state index is 14.6. The molecule has 2 aromatic carbocycles. The molecule has 0 saturated heterocycles. The summed E-state index contributed by atoms with van der Waals surface area (Å²) in [5, 5.41) is 0. The molecule has 0 saturated carbocycles. The van der Waals surface area contributed by atoms with Gasteiger partial charge in [0.2, 0.25) is 5.82 Å². The largest absolute Gasteiger partial charge is 0.491 e. The molecule has 2 rings (SSSR count). The lowest BCUT2D eigenvalue weighted by molar-refractivity contribution is 0.314. The zero-order chi connectivity index (χ0) is 21.9. The molecule has 0 N–H and O–H groups in total. The molecule has 0 aliphatic heterocycles. The second-order valence-electron chi connectivity index (χ2n) is 6.97.